The number of nitrogens with two attached hydrogens (primary N) is 1. The van der Waals surface area contributed by atoms with E-state index in [4.69, 9.17) is 15.8 Å². The standard InChI is InChI=1S/C26H23N5OS/c27-26(12-19(32)13-26)18-7-5-16(6-8-18)24-20(22-2-1-9-33-22)10-17-14-28-23-11-21(15-3-4-15)30-31(23)25(17)29-24/h1-2,5-11,14-15,19,32H,3-4,12-13,27H2. The van der Waals surface area contributed by atoms with Gasteiger partial charge in [0.2, 0.25) is 0 Å². The second-order valence-electron chi connectivity index (χ2n) is 9.44. The van der Waals surface area contributed by atoms with Crippen molar-refractivity contribution in [2.45, 2.75) is 43.2 Å². The van der Waals surface area contributed by atoms with Crippen LogP contribution in [0.1, 0.15) is 42.9 Å². The molecule has 0 spiro atoms. The smallest absolute Gasteiger partial charge is 0.165 e. The van der Waals surface area contributed by atoms with Gasteiger partial charge in [-0.05, 0) is 48.8 Å². The number of benzene rings is 1. The molecule has 2 aliphatic carbocycles. The summed E-state index contributed by atoms with van der Waals surface area (Å²) in [7, 11) is 0. The third-order valence-corrected chi connectivity index (χ3v) is 7.90. The van der Waals surface area contributed by atoms with Crippen LogP contribution in [0.15, 0.2) is 60.1 Å². The maximum atomic E-state index is 9.74. The first-order valence-electron chi connectivity index (χ1n) is 11.4. The lowest BCUT2D eigenvalue weighted by atomic mass is 9.70. The minimum atomic E-state index is -0.433. The fraction of sp³-hybridized carbons (Fsp3) is 0.269. The highest BCUT2D eigenvalue weighted by Gasteiger charge is 2.41. The van der Waals surface area contributed by atoms with E-state index >= 15 is 0 Å². The van der Waals surface area contributed by atoms with Crippen molar-refractivity contribution in [3.05, 3.63) is 71.4 Å². The third-order valence-electron chi connectivity index (χ3n) is 6.99. The molecule has 164 valence electrons. The quantitative estimate of drug-likeness (QED) is 0.406. The Morgan fingerprint density at radius 1 is 1.09 bits per heavy atom. The van der Waals surface area contributed by atoms with Crippen molar-refractivity contribution >= 4 is 28.0 Å². The maximum absolute atomic E-state index is 9.74. The molecule has 4 heterocycles. The van der Waals surface area contributed by atoms with Crippen LogP contribution in [0.5, 0.6) is 0 Å². The number of aliphatic hydroxyl groups is 1. The number of aliphatic hydroxyl groups excluding tert-OH is 1. The average molecular weight is 454 g/mol. The number of rotatable bonds is 4. The second kappa shape index (κ2) is 6.93. The van der Waals surface area contributed by atoms with Crippen LogP contribution in [0.3, 0.4) is 0 Å². The van der Waals surface area contributed by atoms with Gasteiger partial charge < -0.3 is 10.8 Å². The maximum Gasteiger partial charge on any atom is 0.165 e. The van der Waals surface area contributed by atoms with Crippen LogP contribution in [0, 0.1) is 0 Å². The van der Waals surface area contributed by atoms with Crippen LogP contribution in [-0.2, 0) is 5.54 Å². The van der Waals surface area contributed by atoms with Crippen molar-refractivity contribution in [1.29, 1.82) is 0 Å². The number of pyridine rings is 1. The highest BCUT2D eigenvalue weighted by molar-refractivity contribution is 7.13. The van der Waals surface area contributed by atoms with E-state index in [1.165, 1.54) is 17.7 Å². The van der Waals surface area contributed by atoms with Gasteiger partial charge in [0.15, 0.2) is 11.3 Å². The Morgan fingerprint density at radius 3 is 2.61 bits per heavy atom. The summed E-state index contributed by atoms with van der Waals surface area (Å²) in [6.45, 7) is 0. The Morgan fingerprint density at radius 2 is 1.91 bits per heavy atom. The molecule has 7 rings (SSSR count). The molecule has 6 nitrogen and oxygen atoms in total. The largest absolute Gasteiger partial charge is 0.393 e. The van der Waals surface area contributed by atoms with Crippen LogP contribution in [0.2, 0.25) is 0 Å². The van der Waals surface area contributed by atoms with Gasteiger partial charge in [0.25, 0.3) is 0 Å². The van der Waals surface area contributed by atoms with E-state index in [9.17, 15) is 5.11 Å². The first-order chi connectivity index (χ1) is 16.1. The van der Waals surface area contributed by atoms with E-state index in [1.807, 2.05) is 10.7 Å². The zero-order chi connectivity index (χ0) is 22.2. The van der Waals surface area contributed by atoms with E-state index in [0.29, 0.717) is 18.8 Å². The van der Waals surface area contributed by atoms with Crippen molar-refractivity contribution in [3.63, 3.8) is 0 Å². The second-order valence-corrected chi connectivity index (χ2v) is 10.4. The molecule has 4 aromatic heterocycles. The lowest BCUT2D eigenvalue weighted by Crippen LogP contribution is -2.51. The minimum Gasteiger partial charge on any atom is -0.393 e. The monoisotopic (exact) mass is 453 g/mol. The van der Waals surface area contributed by atoms with E-state index in [1.54, 1.807) is 11.3 Å². The average Bonchev–Trinajstić information content (AvgIpc) is 3.33. The number of nitrogens with zero attached hydrogens (tertiary/aromatic N) is 4. The summed E-state index contributed by atoms with van der Waals surface area (Å²) in [6, 6.07) is 16.8. The lowest BCUT2D eigenvalue weighted by molar-refractivity contribution is 0.0209. The highest BCUT2D eigenvalue weighted by Crippen LogP contribution is 2.42. The summed E-state index contributed by atoms with van der Waals surface area (Å²) in [6.07, 6.45) is 5.22. The topological polar surface area (TPSA) is 89.3 Å². The SMILES string of the molecule is NC1(c2ccc(-c3nc4c(cnc5cc(C6CC6)nn54)cc3-c3cccs3)cc2)CC(O)C1. The zero-order valence-corrected chi connectivity index (χ0v) is 18.8. The molecular weight excluding hydrogens is 430 g/mol. The third kappa shape index (κ3) is 3.11. The minimum absolute atomic E-state index is 0.298. The van der Waals surface area contributed by atoms with Crippen LogP contribution in [0.4, 0.5) is 0 Å². The van der Waals surface area contributed by atoms with Crippen molar-refractivity contribution < 1.29 is 5.11 Å². The van der Waals surface area contributed by atoms with Crippen LogP contribution >= 0.6 is 11.3 Å². The van der Waals surface area contributed by atoms with E-state index < -0.39 is 5.54 Å². The van der Waals surface area contributed by atoms with Gasteiger partial charge in [0.05, 0.1) is 17.5 Å². The summed E-state index contributed by atoms with van der Waals surface area (Å²) >= 11 is 1.70. The first-order valence-corrected chi connectivity index (χ1v) is 12.3. The highest BCUT2D eigenvalue weighted by atomic mass is 32.1. The number of thiophene rings is 1. The van der Waals surface area contributed by atoms with Crippen molar-refractivity contribution in [2.75, 3.05) is 0 Å². The fourth-order valence-electron chi connectivity index (χ4n) is 4.95. The van der Waals surface area contributed by atoms with Crippen molar-refractivity contribution in [3.8, 4) is 21.7 Å². The zero-order valence-electron chi connectivity index (χ0n) is 18.0. The van der Waals surface area contributed by atoms with Gasteiger partial charge in [0.1, 0.15) is 0 Å². The fourth-order valence-corrected chi connectivity index (χ4v) is 5.69. The Kier molecular flexibility index (Phi) is 4.07. The number of hydrogen-bond donors (Lipinski definition) is 2. The molecule has 7 heteroatoms. The number of aromatic nitrogens is 4. The molecule has 0 unspecified atom stereocenters. The summed E-state index contributed by atoms with van der Waals surface area (Å²) in [4.78, 5) is 11.0. The van der Waals surface area contributed by atoms with Gasteiger partial charge in [-0.25, -0.2) is 9.97 Å². The molecule has 0 atom stereocenters. The predicted octanol–water partition coefficient (Wildman–Crippen LogP) is 4.86. The molecule has 1 aromatic carbocycles. The molecular formula is C26H23N5OS. The Balaban J connectivity index is 1.41. The van der Waals surface area contributed by atoms with Gasteiger partial charge in [-0.15, -0.1) is 11.3 Å². The van der Waals surface area contributed by atoms with E-state index in [2.05, 4.69) is 58.9 Å². The van der Waals surface area contributed by atoms with Crippen molar-refractivity contribution in [2.24, 2.45) is 5.73 Å². The Bertz CT molecular complexity index is 1500. The molecule has 3 N–H and O–H groups in total. The molecule has 2 saturated carbocycles. The summed E-state index contributed by atoms with van der Waals surface area (Å²) in [5.41, 5.74) is 12.9. The predicted molar refractivity (Wildman–Crippen MR) is 130 cm³/mol. The number of fused-ring (bicyclic) bond motifs is 3. The normalized spacial score (nSPS) is 22.7. The first kappa shape index (κ1) is 19.3. The molecule has 0 amide bonds. The molecule has 2 aliphatic rings. The van der Waals surface area contributed by atoms with Gasteiger partial charge >= 0.3 is 0 Å². The van der Waals surface area contributed by atoms with Gasteiger partial charge in [0, 0.05) is 45.1 Å². The van der Waals surface area contributed by atoms with Gasteiger partial charge in [-0.1, -0.05) is 30.3 Å². The van der Waals surface area contributed by atoms with Crippen LogP contribution < -0.4 is 5.73 Å². The van der Waals surface area contributed by atoms with E-state index in [-0.39, 0.29) is 6.10 Å². The van der Waals surface area contributed by atoms with Crippen LogP contribution in [-0.4, -0.2) is 30.8 Å². The summed E-state index contributed by atoms with van der Waals surface area (Å²) < 4.78 is 1.89. The van der Waals surface area contributed by atoms with Crippen molar-refractivity contribution in [1.82, 2.24) is 19.6 Å². The summed E-state index contributed by atoms with van der Waals surface area (Å²) in [5, 5.41) is 17.7. The molecule has 5 aromatic rings. The molecule has 33 heavy (non-hydrogen) atoms. The van der Waals surface area contributed by atoms with Crippen LogP contribution in [0.25, 0.3) is 38.4 Å². The lowest BCUT2D eigenvalue weighted by Gasteiger charge is -2.42. The molecule has 0 aliphatic heterocycles. The summed E-state index contributed by atoms with van der Waals surface area (Å²) in [5.74, 6) is 0.563. The van der Waals surface area contributed by atoms with E-state index in [0.717, 1.165) is 44.8 Å². The molecule has 0 saturated heterocycles. The molecule has 0 bridgehead atoms. The Labute approximate surface area is 194 Å². The Hall–Kier alpha value is -3.13. The molecule has 2 fully saturated rings. The van der Waals surface area contributed by atoms with Gasteiger partial charge in [-0.2, -0.15) is 9.61 Å². The van der Waals surface area contributed by atoms with Gasteiger partial charge in [-0.3, -0.25) is 0 Å². The number of hydrogen-bond acceptors (Lipinski definition) is 6. The molecule has 0 radical (unpaired) electrons.